The van der Waals surface area contributed by atoms with Crippen molar-refractivity contribution in [1.29, 1.82) is 0 Å². The van der Waals surface area contributed by atoms with Crippen LogP contribution in [0, 0.1) is 17.0 Å². The van der Waals surface area contributed by atoms with E-state index in [0.29, 0.717) is 39.3 Å². The van der Waals surface area contributed by atoms with Crippen LogP contribution in [0.25, 0.3) is 28.0 Å². The van der Waals surface area contributed by atoms with Crippen molar-refractivity contribution in [1.82, 2.24) is 14.8 Å². The highest BCUT2D eigenvalue weighted by Gasteiger charge is 2.22. The highest BCUT2D eigenvalue weighted by Crippen LogP contribution is 2.30. The summed E-state index contributed by atoms with van der Waals surface area (Å²) in [6.45, 7) is 1.79. The lowest BCUT2D eigenvalue weighted by atomic mass is 10.1. The number of aryl methyl sites for hydroxylation is 1. The molecule has 2 aromatic heterocycles. The lowest BCUT2D eigenvalue weighted by Crippen LogP contribution is -2.08. The number of non-ortho nitro benzene ring substituents is 1. The number of rotatable bonds is 7. The van der Waals surface area contributed by atoms with E-state index in [9.17, 15) is 14.9 Å². The Labute approximate surface area is 212 Å². The van der Waals surface area contributed by atoms with Gasteiger partial charge in [-0.15, -0.1) is 0 Å². The molecule has 9 heteroatoms. The Balaban J connectivity index is 1.57. The first-order valence-corrected chi connectivity index (χ1v) is 11.5. The molecule has 0 spiro atoms. The fourth-order valence-electron chi connectivity index (χ4n) is 4.05. The average molecular weight is 495 g/mol. The number of hydrogen-bond acceptors (Lipinski definition) is 7. The maximum absolute atomic E-state index is 13.4. The number of fused-ring (bicyclic) bond motifs is 1. The van der Waals surface area contributed by atoms with Crippen LogP contribution >= 0.6 is 0 Å². The fraction of sp³-hybridized carbons (Fsp3) is 0.107. The number of methoxy groups -OCH3 is 1. The van der Waals surface area contributed by atoms with Crippen molar-refractivity contribution < 1.29 is 19.2 Å². The Morgan fingerprint density at radius 1 is 1.00 bits per heavy atom. The van der Waals surface area contributed by atoms with Gasteiger partial charge in [-0.05, 0) is 67.1 Å². The van der Waals surface area contributed by atoms with Crippen molar-refractivity contribution in [2.24, 2.45) is 0 Å². The quantitative estimate of drug-likeness (QED) is 0.163. The monoisotopic (exact) mass is 494 g/mol. The minimum absolute atomic E-state index is 0.0287. The summed E-state index contributed by atoms with van der Waals surface area (Å²) in [6, 6.07) is 24.5. The molecule has 0 radical (unpaired) electrons. The van der Waals surface area contributed by atoms with Crippen LogP contribution in [-0.2, 0) is 11.3 Å². The average Bonchev–Trinajstić information content (AvgIpc) is 3.28. The highest BCUT2D eigenvalue weighted by atomic mass is 16.6. The van der Waals surface area contributed by atoms with E-state index >= 15 is 0 Å². The summed E-state index contributed by atoms with van der Waals surface area (Å²) in [5, 5.41) is 16.2. The number of para-hydroxylation sites is 1. The molecule has 0 saturated carbocycles. The number of carbonyl (C=O) groups excluding carboxylic acids is 1. The van der Waals surface area contributed by atoms with E-state index in [1.807, 2.05) is 61.5 Å². The summed E-state index contributed by atoms with van der Waals surface area (Å²) in [4.78, 5) is 28.7. The summed E-state index contributed by atoms with van der Waals surface area (Å²) in [6.07, 6.45) is 0. The Morgan fingerprint density at radius 2 is 1.70 bits per heavy atom. The third-order valence-electron chi connectivity index (χ3n) is 5.94. The zero-order valence-electron chi connectivity index (χ0n) is 20.1. The molecule has 9 nitrogen and oxygen atoms in total. The van der Waals surface area contributed by atoms with Crippen LogP contribution in [-0.4, -0.2) is 32.8 Å². The summed E-state index contributed by atoms with van der Waals surface area (Å²) >= 11 is 0. The summed E-state index contributed by atoms with van der Waals surface area (Å²) in [5.41, 5.74) is 4.28. The van der Waals surface area contributed by atoms with E-state index in [4.69, 9.17) is 14.5 Å². The van der Waals surface area contributed by atoms with E-state index in [2.05, 4.69) is 5.10 Å². The van der Waals surface area contributed by atoms with Crippen LogP contribution in [0.2, 0.25) is 0 Å². The predicted octanol–water partition coefficient (Wildman–Crippen LogP) is 5.67. The van der Waals surface area contributed by atoms with Gasteiger partial charge in [-0.25, -0.2) is 14.5 Å². The second-order valence-corrected chi connectivity index (χ2v) is 8.31. The minimum atomic E-state index is -0.545. The zero-order chi connectivity index (χ0) is 25.9. The second kappa shape index (κ2) is 9.90. The van der Waals surface area contributed by atoms with Gasteiger partial charge in [-0.2, -0.15) is 5.10 Å². The van der Waals surface area contributed by atoms with Crippen LogP contribution in [0.1, 0.15) is 21.6 Å². The van der Waals surface area contributed by atoms with E-state index in [0.717, 1.165) is 11.3 Å². The van der Waals surface area contributed by atoms with E-state index < -0.39 is 10.9 Å². The number of nitro groups is 1. The van der Waals surface area contributed by atoms with Gasteiger partial charge in [0.15, 0.2) is 5.65 Å². The molecule has 0 amide bonds. The number of benzene rings is 3. The van der Waals surface area contributed by atoms with Crippen LogP contribution in [0.3, 0.4) is 0 Å². The first-order chi connectivity index (χ1) is 17.9. The lowest BCUT2D eigenvalue weighted by molar-refractivity contribution is -0.384. The molecule has 0 aliphatic carbocycles. The van der Waals surface area contributed by atoms with Gasteiger partial charge in [0.1, 0.15) is 12.4 Å². The number of aromatic nitrogens is 3. The molecular formula is C28H22N4O5. The first-order valence-electron chi connectivity index (χ1n) is 11.5. The highest BCUT2D eigenvalue weighted by molar-refractivity contribution is 6.05. The molecule has 37 heavy (non-hydrogen) atoms. The molecule has 0 bridgehead atoms. The van der Waals surface area contributed by atoms with Gasteiger partial charge in [-0.3, -0.25) is 10.1 Å². The Hall–Kier alpha value is -5.05. The first kappa shape index (κ1) is 23.7. The molecule has 0 fully saturated rings. The number of ether oxygens (including phenoxy) is 2. The molecule has 0 saturated heterocycles. The van der Waals surface area contributed by atoms with E-state index in [-0.39, 0.29) is 12.3 Å². The summed E-state index contributed by atoms with van der Waals surface area (Å²) < 4.78 is 12.6. The molecule has 0 atom stereocenters. The maximum atomic E-state index is 13.4. The van der Waals surface area contributed by atoms with Gasteiger partial charge < -0.3 is 9.47 Å². The van der Waals surface area contributed by atoms with Crippen molar-refractivity contribution in [3.63, 3.8) is 0 Å². The summed E-state index contributed by atoms with van der Waals surface area (Å²) in [5.74, 6) is 0.161. The molecule has 2 heterocycles. The van der Waals surface area contributed by atoms with Gasteiger partial charge in [-0.1, -0.05) is 18.2 Å². The SMILES string of the molecule is COc1ccc(-c2cc(C(=O)OCc3ccc([N+](=O)[O-])cc3)c3c(C)nn(-c4ccccc4)c3n2)cc1. The molecule has 3 aromatic carbocycles. The van der Waals surface area contributed by atoms with Crippen molar-refractivity contribution in [3.05, 3.63) is 112 Å². The number of esters is 1. The Kier molecular flexibility index (Phi) is 6.34. The fourth-order valence-corrected chi connectivity index (χ4v) is 4.05. The van der Waals surface area contributed by atoms with Crippen molar-refractivity contribution >= 4 is 22.7 Å². The van der Waals surface area contributed by atoms with Gasteiger partial charge in [0.25, 0.3) is 5.69 Å². The minimum Gasteiger partial charge on any atom is -0.497 e. The van der Waals surface area contributed by atoms with Crippen LogP contribution in [0.4, 0.5) is 5.69 Å². The van der Waals surface area contributed by atoms with Crippen molar-refractivity contribution in [2.45, 2.75) is 13.5 Å². The largest absolute Gasteiger partial charge is 0.497 e. The molecular weight excluding hydrogens is 472 g/mol. The normalized spacial score (nSPS) is 10.9. The smallest absolute Gasteiger partial charge is 0.339 e. The van der Waals surface area contributed by atoms with Crippen molar-refractivity contribution in [2.75, 3.05) is 7.11 Å². The molecule has 0 aliphatic heterocycles. The third-order valence-corrected chi connectivity index (χ3v) is 5.94. The number of carbonyl (C=O) groups is 1. The molecule has 0 N–H and O–H groups in total. The molecule has 5 aromatic rings. The van der Waals surface area contributed by atoms with Gasteiger partial charge in [0.05, 0.1) is 40.1 Å². The number of nitrogens with zero attached hydrogens (tertiary/aromatic N) is 4. The van der Waals surface area contributed by atoms with Crippen LogP contribution in [0.5, 0.6) is 5.75 Å². The van der Waals surface area contributed by atoms with E-state index in [1.54, 1.807) is 30.0 Å². The van der Waals surface area contributed by atoms with Gasteiger partial charge in [0.2, 0.25) is 0 Å². The predicted molar refractivity (Wildman–Crippen MR) is 138 cm³/mol. The molecule has 184 valence electrons. The second-order valence-electron chi connectivity index (χ2n) is 8.31. The molecule has 0 unspecified atom stereocenters. The van der Waals surface area contributed by atoms with Crippen LogP contribution in [0.15, 0.2) is 84.9 Å². The Morgan fingerprint density at radius 3 is 2.35 bits per heavy atom. The Bertz CT molecular complexity index is 1590. The van der Waals surface area contributed by atoms with Gasteiger partial charge in [0, 0.05) is 17.7 Å². The molecule has 0 aliphatic rings. The topological polar surface area (TPSA) is 109 Å². The van der Waals surface area contributed by atoms with E-state index in [1.165, 1.54) is 12.1 Å². The molecule has 5 rings (SSSR count). The standard InChI is InChI=1S/C28H22N4O5/c1-18-26-24(28(33)37-17-19-8-12-22(13-9-19)32(34)35)16-25(20-10-14-23(36-2)15-11-20)29-27(26)31(30-18)21-6-4-3-5-7-21/h3-16H,17H2,1-2H3. The number of nitro benzene ring substituents is 1. The number of pyridine rings is 1. The zero-order valence-corrected chi connectivity index (χ0v) is 20.1. The van der Waals surface area contributed by atoms with Crippen molar-refractivity contribution in [3.8, 4) is 22.7 Å². The van der Waals surface area contributed by atoms with Gasteiger partial charge >= 0.3 is 5.97 Å². The van der Waals surface area contributed by atoms with Crippen LogP contribution < -0.4 is 4.74 Å². The maximum Gasteiger partial charge on any atom is 0.339 e. The number of hydrogen-bond donors (Lipinski definition) is 0. The lowest BCUT2D eigenvalue weighted by Gasteiger charge is -2.10. The third kappa shape index (κ3) is 4.74. The summed E-state index contributed by atoms with van der Waals surface area (Å²) in [7, 11) is 1.60.